The van der Waals surface area contributed by atoms with E-state index in [0.29, 0.717) is 6.54 Å². The number of nitrogens with one attached hydrogen (secondary N) is 1. The van der Waals surface area contributed by atoms with Crippen molar-refractivity contribution in [3.63, 3.8) is 0 Å². The predicted octanol–water partition coefficient (Wildman–Crippen LogP) is 3.64. The fourth-order valence-corrected chi connectivity index (χ4v) is 3.38. The molecule has 0 unspecified atom stereocenters. The molecule has 116 valence electrons. The Hall–Kier alpha value is -2.55. The number of carbonyl (C=O) groups is 1. The lowest BCUT2D eigenvalue weighted by atomic mass is 9.96. The summed E-state index contributed by atoms with van der Waals surface area (Å²) >= 11 is 0. The van der Waals surface area contributed by atoms with E-state index in [4.69, 9.17) is 0 Å². The van der Waals surface area contributed by atoms with E-state index in [2.05, 4.69) is 29.6 Å². The van der Waals surface area contributed by atoms with Crippen molar-refractivity contribution in [1.29, 1.82) is 0 Å². The summed E-state index contributed by atoms with van der Waals surface area (Å²) < 4.78 is 2.01. The monoisotopic (exact) mass is 304 g/mol. The average molecular weight is 304 g/mol. The van der Waals surface area contributed by atoms with Crippen LogP contribution in [0, 0.1) is 0 Å². The molecule has 1 aliphatic carbocycles. The van der Waals surface area contributed by atoms with Crippen LogP contribution in [0.3, 0.4) is 0 Å². The zero-order valence-electron chi connectivity index (χ0n) is 13.3. The van der Waals surface area contributed by atoms with E-state index >= 15 is 0 Å². The van der Waals surface area contributed by atoms with Gasteiger partial charge in [-0.05, 0) is 24.5 Å². The van der Waals surface area contributed by atoms with E-state index in [-0.39, 0.29) is 11.3 Å². The molecule has 3 nitrogen and oxygen atoms in total. The molecule has 0 spiro atoms. The third-order valence-corrected chi connectivity index (χ3v) is 4.97. The molecule has 3 heteroatoms. The fourth-order valence-electron chi connectivity index (χ4n) is 3.38. The second kappa shape index (κ2) is 5.27. The minimum atomic E-state index is 0.0176. The van der Waals surface area contributed by atoms with Crippen molar-refractivity contribution >= 4 is 16.8 Å². The molecule has 1 N–H and O–H groups in total. The zero-order valence-corrected chi connectivity index (χ0v) is 13.3. The first kappa shape index (κ1) is 14.1. The number of carbonyl (C=O) groups excluding carboxylic acids is 1. The van der Waals surface area contributed by atoms with Crippen LogP contribution in [0.15, 0.2) is 60.8 Å². The normalized spacial score (nSPS) is 15.5. The maximum absolute atomic E-state index is 12.7. The molecule has 0 atom stereocenters. The van der Waals surface area contributed by atoms with Crippen LogP contribution in [0.5, 0.6) is 0 Å². The minimum absolute atomic E-state index is 0.0176. The quantitative estimate of drug-likeness (QED) is 0.784. The maximum atomic E-state index is 12.7. The molecule has 1 heterocycles. The fraction of sp³-hybridized carbons (Fsp3) is 0.250. The Balaban J connectivity index is 1.54. The van der Waals surface area contributed by atoms with E-state index in [1.165, 1.54) is 5.56 Å². The summed E-state index contributed by atoms with van der Waals surface area (Å²) in [6.45, 7) is 0.707. The van der Waals surface area contributed by atoms with Crippen LogP contribution in [0.1, 0.15) is 28.8 Å². The smallest absolute Gasteiger partial charge is 0.253 e. The molecular formula is C20H20N2O. The van der Waals surface area contributed by atoms with Gasteiger partial charge in [-0.25, -0.2) is 0 Å². The first-order chi connectivity index (χ1) is 11.2. The molecule has 0 aliphatic heterocycles. The van der Waals surface area contributed by atoms with Gasteiger partial charge in [0.2, 0.25) is 0 Å². The number of para-hydroxylation sites is 1. The number of fused-ring (bicyclic) bond motifs is 1. The highest BCUT2D eigenvalue weighted by Crippen LogP contribution is 2.47. The Morgan fingerprint density at radius 3 is 2.52 bits per heavy atom. The summed E-state index contributed by atoms with van der Waals surface area (Å²) in [5, 5.41) is 4.16. The molecule has 2 aromatic carbocycles. The lowest BCUT2D eigenvalue weighted by molar-refractivity contribution is 0.0951. The third-order valence-electron chi connectivity index (χ3n) is 4.97. The zero-order chi connectivity index (χ0) is 15.9. The van der Waals surface area contributed by atoms with E-state index in [0.717, 1.165) is 29.3 Å². The number of rotatable bonds is 4. The van der Waals surface area contributed by atoms with Crippen molar-refractivity contribution in [3.05, 3.63) is 71.9 Å². The van der Waals surface area contributed by atoms with Gasteiger partial charge in [0.1, 0.15) is 0 Å². The van der Waals surface area contributed by atoms with E-state index in [1.807, 2.05) is 48.1 Å². The van der Waals surface area contributed by atoms with Crippen LogP contribution < -0.4 is 5.32 Å². The second-order valence-electron chi connectivity index (χ2n) is 6.50. The van der Waals surface area contributed by atoms with Crippen molar-refractivity contribution in [2.24, 2.45) is 7.05 Å². The predicted molar refractivity (Wildman–Crippen MR) is 92.6 cm³/mol. The number of hydrogen-bond acceptors (Lipinski definition) is 1. The summed E-state index contributed by atoms with van der Waals surface area (Å²) in [5.74, 6) is 0.0176. The van der Waals surface area contributed by atoms with Crippen molar-refractivity contribution in [1.82, 2.24) is 9.88 Å². The highest BCUT2D eigenvalue weighted by molar-refractivity contribution is 6.07. The molecule has 1 aromatic heterocycles. The summed E-state index contributed by atoms with van der Waals surface area (Å²) in [6.07, 6.45) is 4.21. The maximum Gasteiger partial charge on any atom is 0.253 e. The SMILES string of the molecule is Cn1cc(C(=O)NCC2(c3ccccc3)CC2)c2ccccc21. The highest BCUT2D eigenvalue weighted by Gasteiger charge is 2.44. The first-order valence-electron chi connectivity index (χ1n) is 8.07. The Bertz CT molecular complexity index is 860. The topological polar surface area (TPSA) is 34.0 Å². The number of aromatic nitrogens is 1. The van der Waals surface area contributed by atoms with Crippen LogP contribution in [-0.4, -0.2) is 17.0 Å². The van der Waals surface area contributed by atoms with Crippen LogP contribution in [0.4, 0.5) is 0 Å². The average Bonchev–Trinajstić information content (AvgIpc) is 3.32. The Labute approximate surface area is 135 Å². The van der Waals surface area contributed by atoms with Gasteiger partial charge in [-0.1, -0.05) is 48.5 Å². The van der Waals surface area contributed by atoms with Gasteiger partial charge in [-0.3, -0.25) is 4.79 Å². The van der Waals surface area contributed by atoms with Gasteiger partial charge < -0.3 is 9.88 Å². The van der Waals surface area contributed by atoms with Gasteiger partial charge in [-0.2, -0.15) is 0 Å². The summed E-state index contributed by atoms with van der Waals surface area (Å²) in [6, 6.07) is 18.5. The Morgan fingerprint density at radius 1 is 1.09 bits per heavy atom. The molecule has 1 saturated carbocycles. The van der Waals surface area contributed by atoms with Crippen LogP contribution in [-0.2, 0) is 12.5 Å². The van der Waals surface area contributed by atoms with Crippen molar-refractivity contribution in [3.8, 4) is 0 Å². The van der Waals surface area contributed by atoms with Gasteiger partial charge in [0.25, 0.3) is 5.91 Å². The summed E-state index contributed by atoms with van der Waals surface area (Å²) in [5.41, 5.74) is 3.31. The standard InChI is InChI=1S/C20H20N2O/c1-22-13-17(16-9-5-6-10-18(16)22)19(23)21-14-20(11-12-20)15-7-3-2-4-8-15/h2-10,13H,11-12,14H2,1H3,(H,21,23). The first-order valence-corrected chi connectivity index (χ1v) is 8.07. The second-order valence-corrected chi connectivity index (χ2v) is 6.50. The number of benzene rings is 2. The van der Waals surface area contributed by atoms with E-state index < -0.39 is 0 Å². The van der Waals surface area contributed by atoms with Gasteiger partial charge in [0.05, 0.1) is 5.56 Å². The van der Waals surface area contributed by atoms with Gasteiger partial charge in [0, 0.05) is 36.1 Å². The van der Waals surface area contributed by atoms with E-state index in [1.54, 1.807) is 0 Å². The largest absolute Gasteiger partial charge is 0.351 e. The molecule has 0 radical (unpaired) electrons. The van der Waals surface area contributed by atoms with Crippen molar-refractivity contribution < 1.29 is 4.79 Å². The molecule has 0 bridgehead atoms. The van der Waals surface area contributed by atoms with Crippen molar-refractivity contribution in [2.75, 3.05) is 6.54 Å². The Morgan fingerprint density at radius 2 is 1.78 bits per heavy atom. The van der Waals surface area contributed by atoms with Crippen molar-refractivity contribution in [2.45, 2.75) is 18.3 Å². The minimum Gasteiger partial charge on any atom is -0.351 e. The number of amides is 1. The third kappa shape index (κ3) is 2.42. The molecule has 0 saturated heterocycles. The van der Waals surface area contributed by atoms with Gasteiger partial charge in [-0.15, -0.1) is 0 Å². The number of aryl methyl sites for hydroxylation is 1. The molecule has 23 heavy (non-hydrogen) atoms. The lowest BCUT2D eigenvalue weighted by Gasteiger charge is -2.16. The molecule has 1 aliphatic rings. The molecule has 1 fully saturated rings. The van der Waals surface area contributed by atoms with Crippen LogP contribution in [0.25, 0.3) is 10.9 Å². The Kier molecular flexibility index (Phi) is 3.22. The molecular weight excluding hydrogens is 284 g/mol. The molecule has 4 rings (SSSR count). The van der Waals surface area contributed by atoms with Crippen LogP contribution in [0.2, 0.25) is 0 Å². The molecule has 3 aromatic rings. The van der Waals surface area contributed by atoms with Gasteiger partial charge >= 0.3 is 0 Å². The van der Waals surface area contributed by atoms with E-state index in [9.17, 15) is 4.79 Å². The summed E-state index contributed by atoms with van der Waals surface area (Å²) in [7, 11) is 1.98. The lowest BCUT2D eigenvalue weighted by Crippen LogP contribution is -2.32. The molecule has 1 amide bonds. The number of hydrogen-bond donors (Lipinski definition) is 1. The van der Waals surface area contributed by atoms with Crippen LogP contribution >= 0.6 is 0 Å². The number of nitrogens with zero attached hydrogens (tertiary/aromatic N) is 1. The highest BCUT2D eigenvalue weighted by atomic mass is 16.1. The van der Waals surface area contributed by atoms with Gasteiger partial charge in [0.15, 0.2) is 0 Å². The summed E-state index contributed by atoms with van der Waals surface area (Å²) in [4.78, 5) is 12.7.